The van der Waals surface area contributed by atoms with Gasteiger partial charge in [-0.2, -0.15) is 0 Å². The van der Waals surface area contributed by atoms with E-state index in [0.717, 1.165) is 63.4 Å². The van der Waals surface area contributed by atoms with E-state index in [0.29, 0.717) is 18.3 Å². The summed E-state index contributed by atoms with van der Waals surface area (Å²) in [4.78, 5) is 11.1. The molecular weight excluding hydrogens is 388 g/mol. The van der Waals surface area contributed by atoms with Gasteiger partial charge in [0.1, 0.15) is 11.5 Å². The Morgan fingerprint density at radius 1 is 0.839 bits per heavy atom. The van der Waals surface area contributed by atoms with Gasteiger partial charge in [0, 0.05) is 30.4 Å². The molecule has 2 aromatic rings. The normalized spacial score (nSPS) is 21.8. The minimum atomic E-state index is -0.200. The molecule has 5 heteroatoms. The third-order valence-electron chi connectivity index (χ3n) is 7.33. The molecule has 0 spiro atoms. The van der Waals surface area contributed by atoms with Gasteiger partial charge in [-0.15, -0.1) is 0 Å². The molecular formula is C26H32N2O3. The fourth-order valence-electron chi connectivity index (χ4n) is 6.04. The van der Waals surface area contributed by atoms with E-state index in [1.807, 2.05) is 0 Å². The van der Waals surface area contributed by atoms with Crippen molar-refractivity contribution in [3.8, 4) is 11.5 Å². The Morgan fingerprint density at radius 3 is 1.94 bits per heavy atom. The van der Waals surface area contributed by atoms with E-state index in [-0.39, 0.29) is 5.91 Å². The fraction of sp³-hybridized carbons (Fsp3) is 0.500. The highest BCUT2D eigenvalue weighted by Gasteiger charge is 2.30. The Bertz CT molecular complexity index is 999. The van der Waals surface area contributed by atoms with Gasteiger partial charge in [0.2, 0.25) is 5.91 Å². The van der Waals surface area contributed by atoms with E-state index in [1.165, 1.54) is 40.7 Å². The average molecular weight is 421 g/mol. The van der Waals surface area contributed by atoms with Crippen LogP contribution in [0.1, 0.15) is 70.9 Å². The molecule has 0 bridgehead atoms. The Kier molecular flexibility index (Phi) is 5.61. The second-order valence-electron chi connectivity index (χ2n) is 9.15. The lowest BCUT2D eigenvalue weighted by atomic mass is 9.92. The summed E-state index contributed by atoms with van der Waals surface area (Å²) in [5.41, 5.74) is 19.6. The van der Waals surface area contributed by atoms with Gasteiger partial charge >= 0.3 is 0 Å². The summed E-state index contributed by atoms with van der Waals surface area (Å²) in [5, 5.41) is 0. The maximum absolute atomic E-state index is 11.1. The number of fused-ring (bicyclic) bond motifs is 6. The molecule has 2 heterocycles. The van der Waals surface area contributed by atoms with Crippen LogP contribution in [0.4, 0.5) is 0 Å². The van der Waals surface area contributed by atoms with Crippen LogP contribution < -0.4 is 20.9 Å². The first-order chi connectivity index (χ1) is 15.2. The summed E-state index contributed by atoms with van der Waals surface area (Å²) >= 11 is 0. The van der Waals surface area contributed by atoms with E-state index >= 15 is 0 Å². The lowest BCUT2D eigenvalue weighted by Gasteiger charge is -2.13. The largest absolute Gasteiger partial charge is 0.493 e. The first-order valence-corrected chi connectivity index (χ1v) is 11.7. The van der Waals surface area contributed by atoms with Crippen LogP contribution in [0.25, 0.3) is 0 Å². The Balaban J connectivity index is 0.000000132. The van der Waals surface area contributed by atoms with Gasteiger partial charge < -0.3 is 20.9 Å². The summed E-state index contributed by atoms with van der Waals surface area (Å²) in [6.45, 7) is 2.44. The molecule has 31 heavy (non-hydrogen) atoms. The Hall–Kier alpha value is -2.53. The van der Waals surface area contributed by atoms with Crippen LogP contribution in [0.15, 0.2) is 24.3 Å². The van der Waals surface area contributed by atoms with Crippen molar-refractivity contribution in [3.05, 3.63) is 57.6 Å². The van der Waals surface area contributed by atoms with Gasteiger partial charge in [-0.1, -0.05) is 12.1 Å². The summed E-state index contributed by atoms with van der Waals surface area (Å²) < 4.78 is 11.2. The van der Waals surface area contributed by atoms with Crippen molar-refractivity contribution in [2.75, 3.05) is 19.8 Å². The maximum atomic E-state index is 11.1. The molecule has 0 radical (unpaired) electrons. The predicted octanol–water partition coefficient (Wildman–Crippen LogP) is 3.53. The molecule has 1 amide bonds. The van der Waals surface area contributed by atoms with Crippen LogP contribution in [0.5, 0.6) is 11.5 Å². The van der Waals surface area contributed by atoms with E-state index in [1.54, 1.807) is 5.56 Å². The zero-order chi connectivity index (χ0) is 21.4. The summed E-state index contributed by atoms with van der Waals surface area (Å²) in [5.74, 6) is 2.95. The van der Waals surface area contributed by atoms with Crippen LogP contribution >= 0.6 is 0 Å². The van der Waals surface area contributed by atoms with Crippen LogP contribution in [0, 0.1) is 0 Å². The molecule has 0 saturated carbocycles. The number of carbonyl (C=O) groups excluding carboxylic acids is 1. The van der Waals surface area contributed by atoms with Crippen LogP contribution in [0.3, 0.4) is 0 Å². The van der Waals surface area contributed by atoms with E-state index < -0.39 is 0 Å². The van der Waals surface area contributed by atoms with E-state index in [2.05, 4.69) is 24.3 Å². The van der Waals surface area contributed by atoms with Crippen molar-refractivity contribution < 1.29 is 14.3 Å². The van der Waals surface area contributed by atoms with Crippen molar-refractivity contribution >= 4 is 5.91 Å². The van der Waals surface area contributed by atoms with Crippen molar-refractivity contribution in [2.45, 2.75) is 63.2 Å². The Labute approximate surface area is 184 Å². The molecule has 6 rings (SSSR count). The number of primary amides is 1. The predicted molar refractivity (Wildman–Crippen MR) is 121 cm³/mol. The highest BCUT2D eigenvalue weighted by molar-refractivity contribution is 5.75. The number of carbonyl (C=O) groups is 1. The minimum Gasteiger partial charge on any atom is -0.493 e. The zero-order valence-corrected chi connectivity index (χ0v) is 18.1. The lowest BCUT2D eigenvalue weighted by molar-refractivity contribution is -0.118. The number of ether oxygens (including phenoxy) is 2. The number of aryl methyl sites for hydroxylation is 2. The average Bonchev–Trinajstić information content (AvgIpc) is 3.53. The summed E-state index contributed by atoms with van der Waals surface area (Å²) in [7, 11) is 0. The fourth-order valence-corrected chi connectivity index (χ4v) is 6.04. The molecule has 4 aliphatic rings. The molecule has 0 saturated heterocycles. The number of rotatable bonds is 4. The van der Waals surface area contributed by atoms with Gasteiger partial charge in [-0.05, 0) is 84.9 Å². The first kappa shape index (κ1) is 20.4. The minimum absolute atomic E-state index is 0.200. The molecule has 0 aromatic heterocycles. The standard InChI is InChI=1S/C13H15NO2.C13H17NO/c14-12(15)7-9-2-1-8-3-4-11-10(13(8)9)5-6-16-11;14-7-5-10-2-1-9-3-4-12-11(13(9)10)6-8-15-12/h3-4,9H,1-2,5-7H2,(H2,14,15);3-4,10H,1-2,5-8,14H2. The Morgan fingerprint density at radius 2 is 1.39 bits per heavy atom. The molecule has 2 aliphatic heterocycles. The van der Waals surface area contributed by atoms with Crippen molar-refractivity contribution in [1.82, 2.24) is 0 Å². The van der Waals surface area contributed by atoms with Crippen molar-refractivity contribution in [1.29, 1.82) is 0 Å². The summed E-state index contributed by atoms with van der Waals surface area (Å²) in [6, 6.07) is 8.59. The molecule has 5 nitrogen and oxygen atoms in total. The SMILES string of the molecule is NC(=O)CC1CCc2ccc3c(c21)CCO3.NCCC1CCc2ccc3c(c21)CCO3. The van der Waals surface area contributed by atoms with Gasteiger partial charge in [0.15, 0.2) is 0 Å². The topological polar surface area (TPSA) is 87.6 Å². The van der Waals surface area contributed by atoms with Crippen LogP contribution in [0.2, 0.25) is 0 Å². The number of nitrogens with two attached hydrogens (primary N) is 2. The van der Waals surface area contributed by atoms with Crippen LogP contribution in [-0.4, -0.2) is 25.7 Å². The molecule has 0 fully saturated rings. The third-order valence-corrected chi connectivity index (χ3v) is 7.33. The second kappa shape index (κ2) is 8.54. The second-order valence-corrected chi connectivity index (χ2v) is 9.15. The van der Waals surface area contributed by atoms with Crippen molar-refractivity contribution in [2.24, 2.45) is 11.5 Å². The monoisotopic (exact) mass is 420 g/mol. The molecule has 2 unspecified atom stereocenters. The van der Waals surface area contributed by atoms with Crippen molar-refractivity contribution in [3.63, 3.8) is 0 Å². The lowest BCUT2D eigenvalue weighted by Crippen LogP contribution is -2.14. The zero-order valence-electron chi connectivity index (χ0n) is 18.1. The molecule has 2 aliphatic carbocycles. The highest BCUT2D eigenvalue weighted by atomic mass is 16.5. The van der Waals surface area contributed by atoms with Gasteiger partial charge in [0.05, 0.1) is 13.2 Å². The number of hydrogen-bond acceptors (Lipinski definition) is 4. The molecule has 164 valence electrons. The van der Waals surface area contributed by atoms with Gasteiger partial charge in [-0.25, -0.2) is 0 Å². The highest BCUT2D eigenvalue weighted by Crippen LogP contribution is 2.44. The van der Waals surface area contributed by atoms with Gasteiger partial charge in [-0.3, -0.25) is 4.79 Å². The molecule has 2 aromatic carbocycles. The number of hydrogen-bond donors (Lipinski definition) is 2. The number of benzene rings is 2. The summed E-state index contributed by atoms with van der Waals surface area (Å²) in [6.07, 6.45) is 8.31. The smallest absolute Gasteiger partial charge is 0.218 e. The molecule has 2 atom stereocenters. The molecule has 4 N–H and O–H groups in total. The van der Waals surface area contributed by atoms with Crippen LogP contribution in [-0.2, 0) is 30.5 Å². The van der Waals surface area contributed by atoms with Gasteiger partial charge in [0.25, 0.3) is 0 Å². The maximum Gasteiger partial charge on any atom is 0.218 e. The third kappa shape index (κ3) is 3.80. The first-order valence-electron chi connectivity index (χ1n) is 11.7. The quantitative estimate of drug-likeness (QED) is 0.792. The van der Waals surface area contributed by atoms with E-state index in [4.69, 9.17) is 20.9 Å². The number of amides is 1. The van der Waals surface area contributed by atoms with E-state index in [9.17, 15) is 4.79 Å².